The third kappa shape index (κ3) is 10.6. The Morgan fingerprint density at radius 2 is 1.42 bits per heavy atom. The van der Waals surface area contributed by atoms with Crippen LogP contribution in [0, 0.1) is 5.92 Å². The molecule has 1 amide bonds. The maximum absolute atomic E-state index is 12.8. The molecule has 1 aromatic carbocycles. The summed E-state index contributed by atoms with van der Waals surface area (Å²) in [6.45, 7) is 4.87. The molecule has 1 heterocycles. The van der Waals surface area contributed by atoms with Gasteiger partial charge in [-0.2, -0.15) is 0 Å². The van der Waals surface area contributed by atoms with Crippen LogP contribution in [0.15, 0.2) is 30.3 Å². The monoisotopic (exact) mass is 459 g/mol. The average molecular weight is 460 g/mol. The molecule has 0 unspecified atom stereocenters. The Balaban J connectivity index is 1.72. The average Bonchev–Trinajstić information content (AvgIpc) is 2.83. The van der Waals surface area contributed by atoms with Crippen molar-refractivity contribution >= 4 is 5.91 Å². The van der Waals surface area contributed by atoms with Gasteiger partial charge in [-0.3, -0.25) is 9.63 Å². The van der Waals surface area contributed by atoms with Crippen molar-refractivity contribution in [2.75, 3.05) is 0 Å². The molecule has 1 aliphatic heterocycles. The van der Waals surface area contributed by atoms with Crippen molar-refractivity contribution in [1.29, 1.82) is 0 Å². The van der Waals surface area contributed by atoms with Crippen molar-refractivity contribution in [1.82, 2.24) is 5.06 Å². The highest BCUT2D eigenvalue weighted by molar-refractivity contribution is 5.84. The van der Waals surface area contributed by atoms with Gasteiger partial charge in [0, 0.05) is 0 Å². The number of hydrogen-bond donors (Lipinski definition) is 1. The van der Waals surface area contributed by atoms with Gasteiger partial charge in [-0.05, 0) is 24.8 Å². The maximum Gasteiger partial charge on any atom is 0.251 e. The summed E-state index contributed by atoms with van der Waals surface area (Å²) in [6.07, 6.45) is 18.3. The standard InChI is InChI=1S/C29H49NO3/c1-3-5-7-9-10-11-12-13-17-21-26(31)23-28-27(22-18-8-6-4-2)29(32)30(28)33-24-25-19-15-14-16-20-25/h14-16,19-20,26-28,31H,3-13,17-18,21-24H2,1-2H3/t26-,27-,28-/m0/s1. The Morgan fingerprint density at radius 1 is 0.848 bits per heavy atom. The number of hydrogen-bond acceptors (Lipinski definition) is 3. The second-order valence-electron chi connectivity index (χ2n) is 9.95. The first kappa shape index (κ1) is 27.9. The van der Waals surface area contributed by atoms with Crippen molar-refractivity contribution < 1.29 is 14.7 Å². The van der Waals surface area contributed by atoms with Gasteiger partial charge < -0.3 is 5.11 Å². The van der Waals surface area contributed by atoms with E-state index in [1.54, 1.807) is 5.06 Å². The highest BCUT2D eigenvalue weighted by Gasteiger charge is 2.48. The lowest BCUT2D eigenvalue weighted by Gasteiger charge is -2.46. The first-order valence-electron chi connectivity index (χ1n) is 13.8. The van der Waals surface area contributed by atoms with E-state index in [0.29, 0.717) is 13.0 Å². The van der Waals surface area contributed by atoms with E-state index in [4.69, 9.17) is 4.84 Å². The smallest absolute Gasteiger partial charge is 0.251 e. The van der Waals surface area contributed by atoms with Crippen LogP contribution in [0.3, 0.4) is 0 Å². The maximum atomic E-state index is 12.8. The fraction of sp³-hybridized carbons (Fsp3) is 0.759. The van der Waals surface area contributed by atoms with Crippen molar-refractivity contribution in [2.24, 2.45) is 5.92 Å². The second-order valence-corrected chi connectivity index (χ2v) is 9.95. The van der Waals surface area contributed by atoms with E-state index in [0.717, 1.165) is 31.2 Å². The van der Waals surface area contributed by atoms with Crippen LogP contribution in [0.2, 0.25) is 0 Å². The molecule has 4 nitrogen and oxygen atoms in total. The molecular formula is C29H49NO3. The fourth-order valence-corrected chi connectivity index (χ4v) is 4.90. The molecule has 1 fully saturated rings. The fourth-order valence-electron chi connectivity index (χ4n) is 4.90. The normalized spacial score (nSPS) is 19.0. The van der Waals surface area contributed by atoms with Gasteiger partial charge in [-0.15, -0.1) is 0 Å². The molecule has 33 heavy (non-hydrogen) atoms. The van der Waals surface area contributed by atoms with Gasteiger partial charge in [0.15, 0.2) is 0 Å². The molecule has 0 spiro atoms. The van der Waals surface area contributed by atoms with Crippen LogP contribution in [0.1, 0.15) is 122 Å². The minimum atomic E-state index is -0.353. The third-order valence-corrected chi connectivity index (χ3v) is 7.04. The quantitative estimate of drug-likeness (QED) is 0.161. The van der Waals surface area contributed by atoms with Crippen molar-refractivity contribution in [2.45, 2.75) is 135 Å². The topological polar surface area (TPSA) is 49.8 Å². The number of aliphatic hydroxyl groups excluding tert-OH is 1. The van der Waals surface area contributed by atoms with Gasteiger partial charge in [-0.25, -0.2) is 5.06 Å². The van der Waals surface area contributed by atoms with Crippen LogP contribution in [0.5, 0.6) is 0 Å². The molecule has 3 atom stereocenters. The van der Waals surface area contributed by atoms with Gasteiger partial charge in [0.1, 0.15) is 6.61 Å². The molecule has 2 rings (SSSR count). The Morgan fingerprint density at radius 3 is 2.06 bits per heavy atom. The van der Waals surface area contributed by atoms with Crippen LogP contribution in [0.4, 0.5) is 0 Å². The van der Waals surface area contributed by atoms with Crippen molar-refractivity contribution in [3.63, 3.8) is 0 Å². The van der Waals surface area contributed by atoms with E-state index in [-0.39, 0.29) is 24.0 Å². The molecule has 1 aliphatic rings. The number of nitrogens with zero attached hydrogens (tertiary/aromatic N) is 1. The summed E-state index contributed by atoms with van der Waals surface area (Å²) in [4.78, 5) is 18.7. The molecular weight excluding hydrogens is 410 g/mol. The van der Waals surface area contributed by atoms with E-state index in [1.807, 2.05) is 30.3 Å². The van der Waals surface area contributed by atoms with Gasteiger partial charge in [0.05, 0.1) is 18.1 Å². The van der Waals surface area contributed by atoms with Crippen LogP contribution < -0.4 is 0 Å². The van der Waals surface area contributed by atoms with E-state index in [1.165, 1.54) is 70.6 Å². The highest BCUT2D eigenvalue weighted by atomic mass is 16.7. The minimum Gasteiger partial charge on any atom is -0.393 e. The molecule has 4 heteroatoms. The second kappa shape index (κ2) is 17.1. The summed E-state index contributed by atoms with van der Waals surface area (Å²) >= 11 is 0. The summed E-state index contributed by atoms with van der Waals surface area (Å²) in [5.74, 6) is 0.109. The van der Waals surface area contributed by atoms with Gasteiger partial charge in [-0.1, -0.05) is 128 Å². The van der Waals surface area contributed by atoms with E-state index >= 15 is 0 Å². The number of aliphatic hydroxyl groups is 1. The molecule has 0 saturated carbocycles. The molecule has 1 saturated heterocycles. The molecule has 188 valence electrons. The zero-order valence-corrected chi connectivity index (χ0v) is 21.4. The largest absolute Gasteiger partial charge is 0.393 e. The van der Waals surface area contributed by atoms with E-state index in [9.17, 15) is 9.90 Å². The lowest BCUT2D eigenvalue weighted by Crippen LogP contribution is -2.61. The lowest BCUT2D eigenvalue weighted by atomic mass is 9.81. The van der Waals surface area contributed by atoms with Gasteiger partial charge in [0.25, 0.3) is 5.91 Å². The summed E-state index contributed by atoms with van der Waals surface area (Å²) in [7, 11) is 0. The van der Waals surface area contributed by atoms with Crippen molar-refractivity contribution in [3.05, 3.63) is 35.9 Å². The number of hydroxylamine groups is 2. The number of carbonyl (C=O) groups is 1. The Kier molecular flexibility index (Phi) is 14.4. The SMILES string of the molecule is CCCCCCCCCCC[C@H](O)C[C@H]1[C@H](CCCCCC)C(=O)N1OCc1ccccc1. The zero-order chi connectivity index (χ0) is 23.7. The van der Waals surface area contributed by atoms with E-state index < -0.39 is 0 Å². The zero-order valence-electron chi connectivity index (χ0n) is 21.4. The van der Waals surface area contributed by atoms with Crippen molar-refractivity contribution in [3.8, 4) is 0 Å². The first-order valence-corrected chi connectivity index (χ1v) is 13.8. The number of amides is 1. The molecule has 0 radical (unpaired) electrons. The highest BCUT2D eigenvalue weighted by Crippen LogP contribution is 2.35. The van der Waals surface area contributed by atoms with Crippen LogP contribution in [-0.4, -0.2) is 28.2 Å². The number of β-lactam (4-membered cyclic amide) rings is 1. The number of carbonyl (C=O) groups excluding carboxylic acids is 1. The summed E-state index contributed by atoms with van der Waals surface area (Å²) < 4.78 is 0. The first-order chi connectivity index (χ1) is 16.2. The number of benzene rings is 1. The minimum absolute atomic E-state index is 0.00963. The lowest BCUT2D eigenvalue weighted by molar-refractivity contribution is -0.253. The molecule has 0 aromatic heterocycles. The number of rotatable bonds is 20. The van der Waals surface area contributed by atoms with Gasteiger partial charge in [0.2, 0.25) is 0 Å². The predicted octanol–water partition coefficient (Wildman–Crippen LogP) is 7.59. The van der Waals surface area contributed by atoms with E-state index in [2.05, 4.69) is 13.8 Å². The summed E-state index contributed by atoms with van der Waals surface area (Å²) in [5.41, 5.74) is 1.06. The van der Waals surface area contributed by atoms with Crippen LogP contribution in [-0.2, 0) is 16.2 Å². The number of unbranched alkanes of at least 4 members (excludes halogenated alkanes) is 11. The third-order valence-electron chi connectivity index (χ3n) is 7.04. The summed E-state index contributed by atoms with van der Waals surface area (Å²) in [6, 6.07) is 9.99. The predicted molar refractivity (Wildman–Crippen MR) is 137 cm³/mol. The molecule has 0 bridgehead atoms. The summed E-state index contributed by atoms with van der Waals surface area (Å²) in [5, 5.41) is 12.3. The molecule has 0 aliphatic carbocycles. The van der Waals surface area contributed by atoms with Crippen LogP contribution in [0.25, 0.3) is 0 Å². The Bertz CT molecular complexity index is 621. The molecule has 1 aromatic rings. The molecule has 1 N–H and O–H groups in total. The Labute approximate surface area is 203 Å². The Hall–Kier alpha value is -1.39. The van der Waals surface area contributed by atoms with Gasteiger partial charge >= 0.3 is 0 Å². The van der Waals surface area contributed by atoms with Crippen LogP contribution >= 0.6 is 0 Å².